The molecule has 1 heterocycles. The van der Waals surface area contributed by atoms with E-state index in [2.05, 4.69) is 15.6 Å². The van der Waals surface area contributed by atoms with Crippen LogP contribution in [0.2, 0.25) is 0 Å². The maximum absolute atomic E-state index is 11.2. The molecular weight excluding hydrogens is 236 g/mol. The molecule has 0 amide bonds. The number of carbonyl (C=O) groups excluding carboxylic acids is 1. The van der Waals surface area contributed by atoms with Crippen molar-refractivity contribution >= 4 is 16.8 Å². The first-order valence-electron chi connectivity index (χ1n) is 6.24. The Hall–Kier alpha value is -2.42. The highest BCUT2D eigenvalue weighted by Crippen LogP contribution is 2.14. The first-order chi connectivity index (χ1) is 9.24. The summed E-state index contributed by atoms with van der Waals surface area (Å²) < 4.78 is 2.11. The van der Waals surface area contributed by atoms with Crippen LogP contribution in [0.5, 0.6) is 0 Å². The molecule has 3 nitrogen and oxygen atoms in total. The quantitative estimate of drug-likeness (QED) is 0.668. The van der Waals surface area contributed by atoms with E-state index >= 15 is 0 Å². The fourth-order valence-electron chi connectivity index (χ4n) is 2.18. The lowest BCUT2D eigenvalue weighted by atomic mass is 10.1. The molecule has 3 aromatic rings. The Morgan fingerprint density at radius 2 is 1.84 bits per heavy atom. The Morgan fingerprint density at radius 1 is 1.11 bits per heavy atom. The molecule has 0 fully saturated rings. The van der Waals surface area contributed by atoms with Gasteiger partial charge in [0.2, 0.25) is 0 Å². The molecule has 0 saturated heterocycles. The van der Waals surface area contributed by atoms with E-state index in [0.29, 0.717) is 0 Å². The highest BCUT2D eigenvalue weighted by molar-refractivity contribution is 5.94. The van der Waals surface area contributed by atoms with Crippen LogP contribution in [0.25, 0.3) is 11.0 Å². The largest absolute Gasteiger partial charge is 0.326 e. The molecular formula is C16H14N2O. The van der Waals surface area contributed by atoms with Crippen LogP contribution in [-0.4, -0.2) is 15.3 Å². The second kappa shape index (κ2) is 4.69. The molecule has 0 bridgehead atoms. The van der Waals surface area contributed by atoms with E-state index in [1.807, 2.05) is 48.8 Å². The van der Waals surface area contributed by atoms with Gasteiger partial charge in [0.05, 0.1) is 17.4 Å². The number of ketones is 1. The van der Waals surface area contributed by atoms with Gasteiger partial charge in [0.15, 0.2) is 5.78 Å². The highest BCUT2D eigenvalue weighted by Gasteiger charge is 2.03. The summed E-state index contributed by atoms with van der Waals surface area (Å²) in [7, 11) is 0. The van der Waals surface area contributed by atoms with Crippen LogP contribution < -0.4 is 0 Å². The zero-order valence-electron chi connectivity index (χ0n) is 10.7. The molecule has 94 valence electrons. The number of nitrogens with zero attached hydrogens (tertiary/aromatic N) is 2. The predicted octanol–water partition coefficient (Wildman–Crippen LogP) is 3.29. The molecule has 0 aliphatic rings. The number of carbonyl (C=O) groups is 1. The Bertz CT molecular complexity index is 726. The van der Waals surface area contributed by atoms with Crippen LogP contribution in [0.15, 0.2) is 54.9 Å². The van der Waals surface area contributed by atoms with E-state index in [1.54, 1.807) is 6.92 Å². The van der Waals surface area contributed by atoms with Gasteiger partial charge in [0.25, 0.3) is 0 Å². The molecule has 0 radical (unpaired) electrons. The van der Waals surface area contributed by atoms with Crippen LogP contribution >= 0.6 is 0 Å². The summed E-state index contributed by atoms with van der Waals surface area (Å²) in [6.45, 7) is 2.34. The molecule has 3 rings (SSSR count). The van der Waals surface area contributed by atoms with Crippen molar-refractivity contribution in [3.05, 3.63) is 66.0 Å². The van der Waals surface area contributed by atoms with Gasteiger partial charge in [-0.3, -0.25) is 4.79 Å². The Labute approximate surface area is 111 Å². The molecule has 19 heavy (non-hydrogen) atoms. The average Bonchev–Trinajstić information content (AvgIpc) is 2.83. The molecule has 0 atom stereocenters. The Morgan fingerprint density at radius 3 is 2.58 bits per heavy atom. The minimum absolute atomic E-state index is 0.0969. The Kier molecular flexibility index (Phi) is 2.88. The lowest BCUT2D eigenvalue weighted by Crippen LogP contribution is -1.99. The second-order valence-corrected chi connectivity index (χ2v) is 4.61. The zero-order chi connectivity index (χ0) is 13.2. The molecule has 0 aliphatic carbocycles. The first kappa shape index (κ1) is 11.7. The van der Waals surface area contributed by atoms with E-state index in [1.165, 1.54) is 0 Å². The minimum Gasteiger partial charge on any atom is -0.326 e. The maximum Gasteiger partial charge on any atom is 0.159 e. The molecule has 0 N–H and O–H groups in total. The number of hydrogen-bond acceptors (Lipinski definition) is 2. The number of Topliss-reactive ketones (excluding diaryl/α,β-unsaturated/α-hetero) is 1. The second-order valence-electron chi connectivity index (χ2n) is 4.61. The van der Waals surface area contributed by atoms with E-state index < -0.39 is 0 Å². The van der Waals surface area contributed by atoms with E-state index in [9.17, 15) is 4.79 Å². The average molecular weight is 250 g/mol. The number of rotatable bonds is 3. The minimum atomic E-state index is 0.0969. The Balaban J connectivity index is 1.90. The van der Waals surface area contributed by atoms with Crippen molar-refractivity contribution < 1.29 is 4.79 Å². The van der Waals surface area contributed by atoms with E-state index in [0.717, 1.165) is 28.7 Å². The van der Waals surface area contributed by atoms with E-state index in [4.69, 9.17) is 0 Å². The summed E-state index contributed by atoms with van der Waals surface area (Å²) in [6, 6.07) is 15.8. The van der Waals surface area contributed by atoms with Crippen LogP contribution in [-0.2, 0) is 6.54 Å². The lowest BCUT2D eigenvalue weighted by molar-refractivity contribution is 0.101. The lowest BCUT2D eigenvalue weighted by Gasteiger charge is -2.05. The zero-order valence-corrected chi connectivity index (χ0v) is 10.7. The van der Waals surface area contributed by atoms with Crippen molar-refractivity contribution in [1.82, 2.24) is 9.55 Å². The first-order valence-corrected chi connectivity index (χ1v) is 6.24. The molecule has 0 saturated carbocycles. The molecule has 3 heteroatoms. The van der Waals surface area contributed by atoms with E-state index in [-0.39, 0.29) is 5.78 Å². The summed E-state index contributed by atoms with van der Waals surface area (Å²) in [5.74, 6) is 0.0969. The normalized spacial score (nSPS) is 10.8. The summed E-state index contributed by atoms with van der Waals surface area (Å²) in [6.07, 6.45) is 1.85. The maximum atomic E-state index is 11.2. The van der Waals surface area contributed by atoms with Crippen LogP contribution in [0, 0.1) is 0 Å². The van der Waals surface area contributed by atoms with Crippen molar-refractivity contribution in [2.45, 2.75) is 13.5 Å². The number of aromatic nitrogens is 2. The summed E-state index contributed by atoms with van der Waals surface area (Å²) in [5, 5.41) is 0. The topological polar surface area (TPSA) is 34.9 Å². The van der Waals surface area contributed by atoms with Crippen molar-refractivity contribution in [2.75, 3.05) is 0 Å². The van der Waals surface area contributed by atoms with Crippen molar-refractivity contribution in [3.8, 4) is 0 Å². The monoisotopic (exact) mass is 250 g/mol. The molecule has 0 unspecified atom stereocenters. The van der Waals surface area contributed by atoms with Gasteiger partial charge >= 0.3 is 0 Å². The molecule has 2 aromatic carbocycles. The van der Waals surface area contributed by atoms with Gasteiger partial charge in [-0.1, -0.05) is 36.4 Å². The highest BCUT2D eigenvalue weighted by atomic mass is 16.1. The van der Waals surface area contributed by atoms with Gasteiger partial charge in [-0.05, 0) is 24.6 Å². The molecule has 1 aromatic heterocycles. The van der Waals surface area contributed by atoms with Gasteiger partial charge in [-0.25, -0.2) is 4.98 Å². The third-order valence-electron chi connectivity index (χ3n) is 3.24. The van der Waals surface area contributed by atoms with Crippen LogP contribution in [0.1, 0.15) is 22.8 Å². The van der Waals surface area contributed by atoms with Crippen LogP contribution in [0.3, 0.4) is 0 Å². The molecule has 0 aliphatic heterocycles. The number of hydrogen-bond donors (Lipinski definition) is 0. The predicted molar refractivity (Wildman–Crippen MR) is 75.3 cm³/mol. The van der Waals surface area contributed by atoms with Gasteiger partial charge in [-0.2, -0.15) is 0 Å². The number of para-hydroxylation sites is 2. The SMILES string of the molecule is CC(=O)c1ccc(Cn2cnc3ccccc32)cc1. The summed E-state index contributed by atoms with van der Waals surface area (Å²) >= 11 is 0. The third-order valence-corrected chi connectivity index (χ3v) is 3.24. The van der Waals surface area contributed by atoms with Crippen molar-refractivity contribution in [2.24, 2.45) is 0 Å². The molecule has 0 spiro atoms. The van der Waals surface area contributed by atoms with Crippen LogP contribution in [0.4, 0.5) is 0 Å². The van der Waals surface area contributed by atoms with Gasteiger partial charge in [0.1, 0.15) is 0 Å². The van der Waals surface area contributed by atoms with Crippen molar-refractivity contribution in [1.29, 1.82) is 0 Å². The number of fused-ring (bicyclic) bond motifs is 1. The number of benzene rings is 2. The van der Waals surface area contributed by atoms with Crippen molar-refractivity contribution in [3.63, 3.8) is 0 Å². The van der Waals surface area contributed by atoms with Gasteiger partial charge in [0, 0.05) is 12.1 Å². The summed E-state index contributed by atoms with van der Waals surface area (Å²) in [4.78, 5) is 15.6. The standard InChI is InChI=1S/C16H14N2O/c1-12(19)14-8-6-13(7-9-14)10-18-11-17-15-4-2-3-5-16(15)18/h2-9,11H,10H2,1H3. The van der Waals surface area contributed by atoms with Gasteiger partial charge in [-0.15, -0.1) is 0 Å². The fourth-order valence-corrected chi connectivity index (χ4v) is 2.18. The smallest absolute Gasteiger partial charge is 0.159 e. The van der Waals surface area contributed by atoms with Gasteiger partial charge < -0.3 is 4.57 Å². The summed E-state index contributed by atoms with van der Waals surface area (Å²) in [5.41, 5.74) is 4.04. The number of imidazole rings is 1. The third kappa shape index (κ3) is 2.27. The fraction of sp³-hybridized carbons (Fsp3) is 0.125.